The second-order valence-electron chi connectivity index (χ2n) is 9.90. The molecule has 0 aliphatic rings. The zero-order valence-corrected chi connectivity index (χ0v) is 24.0. The van der Waals surface area contributed by atoms with Crippen LogP contribution in [0.15, 0.2) is 64.2 Å². The van der Waals surface area contributed by atoms with Gasteiger partial charge in [-0.1, -0.05) is 0 Å². The Bertz CT molecular complexity index is 2000. The first-order chi connectivity index (χ1) is 18.5. The molecule has 2 N–H and O–H groups in total. The Morgan fingerprint density at radius 3 is 2.47 bits per heavy atom. The van der Waals surface area contributed by atoms with Gasteiger partial charge in [-0.25, -0.2) is 0 Å². The molecule has 0 spiro atoms. The molecule has 1 atom stereocenters. The van der Waals surface area contributed by atoms with E-state index in [1.165, 1.54) is 25.6 Å². The van der Waals surface area contributed by atoms with Crippen LogP contribution in [0.5, 0.6) is 0 Å². The molecule has 0 fully saturated rings. The van der Waals surface area contributed by atoms with Gasteiger partial charge in [-0.15, -0.1) is 0 Å². The second kappa shape index (κ2) is 10.1. The third-order valence-corrected chi connectivity index (χ3v) is 10.9. The third kappa shape index (κ3) is 4.16. The first-order valence-corrected chi connectivity index (χ1v) is 15.7. The molecule has 6 heteroatoms. The van der Waals surface area contributed by atoms with E-state index < -0.39 is 0 Å². The van der Waals surface area contributed by atoms with Gasteiger partial charge in [0, 0.05) is 0 Å². The quantitative estimate of drug-likeness (QED) is 0.104. The molecule has 0 aliphatic heterocycles. The maximum absolute atomic E-state index is 14.0. The number of hydrogen-bond acceptors (Lipinski definition) is 4. The number of benzene rings is 3. The molecule has 1 unspecified atom stereocenters. The van der Waals surface area contributed by atoms with Gasteiger partial charge in [0.25, 0.3) is 0 Å². The fraction of sp³-hybridized carbons (Fsp3) is 0.250. The average molecular weight is 584 g/mol. The summed E-state index contributed by atoms with van der Waals surface area (Å²) in [5.74, 6) is 6.97. The molecule has 0 radical (unpaired) electrons. The van der Waals surface area contributed by atoms with E-state index in [0.29, 0.717) is 23.2 Å². The molecule has 0 saturated heterocycles. The summed E-state index contributed by atoms with van der Waals surface area (Å²) in [5, 5.41) is 6.03. The average Bonchev–Trinajstić information content (AvgIpc) is 3.36. The van der Waals surface area contributed by atoms with Crippen LogP contribution in [0.25, 0.3) is 40.8 Å². The number of rotatable bonds is 6. The zero-order chi connectivity index (χ0) is 26.4. The molecule has 4 nitrogen and oxygen atoms in total. The summed E-state index contributed by atoms with van der Waals surface area (Å²) in [6, 6.07) is 18.2. The van der Waals surface area contributed by atoms with E-state index in [1.54, 1.807) is 0 Å². The van der Waals surface area contributed by atoms with E-state index in [2.05, 4.69) is 56.0 Å². The number of nitrogens with two attached hydrogens (primary N) is 1. The first-order valence-electron chi connectivity index (χ1n) is 13.1. The number of nitrogens with zero attached hydrogens (tertiary/aromatic N) is 1. The Kier molecular flexibility index (Phi) is 6.61. The molecule has 3 heterocycles. The minimum absolute atomic E-state index is 0.00404. The molecule has 38 heavy (non-hydrogen) atoms. The van der Waals surface area contributed by atoms with Gasteiger partial charge in [-0.05, 0) is 0 Å². The van der Waals surface area contributed by atoms with Gasteiger partial charge < -0.3 is 0 Å². The summed E-state index contributed by atoms with van der Waals surface area (Å²) < 4.78 is 3.92. The van der Waals surface area contributed by atoms with Gasteiger partial charge >= 0.3 is 232 Å². The molecule has 3 aromatic heterocycles. The molecule has 0 saturated carbocycles. The Morgan fingerprint density at radius 2 is 1.71 bits per heavy atom. The van der Waals surface area contributed by atoms with Crippen LogP contribution in [-0.4, -0.2) is 19.1 Å². The van der Waals surface area contributed by atoms with E-state index >= 15 is 0 Å². The number of aromatic nitrogens is 1. The van der Waals surface area contributed by atoms with Gasteiger partial charge in [0.1, 0.15) is 0 Å². The molecule has 0 aliphatic carbocycles. The van der Waals surface area contributed by atoms with E-state index in [9.17, 15) is 9.59 Å². The van der Waals surface area contributed by atoms with Crippen LogP contribution >= 0.6 is 11.3 Å². The van der Waals surface area contributed by atoms with E-state index in [4.69, 9.17) is 5.73 Å². The summed E-state index contributed by atoms with van der Waals surface area (Å²) in [6.45, 7) is 4.77. The molecular weight excluding hydrogens is 555 g/mol. The number of thiophene rings is 1. The van der Waals surface area contributed by atoms with Crippen molar-refractivity contribution in [1.82, 2.24) is 4.57 Å². The molecule has 6 aromatic rings. The SMILES string of the molecule is CCCCC(CC)Cn1c(=O)c2ccc3c4ccccc4[se]c4c(C#Cc5ccc(N)s5)cc(c1=O)c2c43. The fourth-order valence-corrected chi connectivity index (χ4v) is 8.59. The summed E-state index contributed by atoms with van der Waals surface area (Å²) in [7, 11) is 0. The fourth-order valence-electron chi connectivity index (χ4n) is 5.47. The Labute approximate surface area is 230 Å². The third-order valence-electron chi connectivity index (χ3n) is 7.51. The molecule has 6 rings (SSSR count). The van der Waals surface area contributed by atoms with Crippen molar-refractivity contribution in [1.29, 1.82) is 0 Å². The predicted octanol–water partition coefficient (Wildman–Crippen LogP) is 6.58. The van der Waals surface area contributed by atoms with Crippen molar-refractivity contribution in [3.8, 4) is 11.8 Å². The van der Waals surface area contributed by atoms with Crippen molar-refractivity contribution < 1.29 is 0 Å². The summed E-state index contributed by atoms with van der Waals surface area (Å²) in [4.78, 5) is 28.7. The molecule has 0 amide bonds. The summed E-state index contributed by atoms with van der Waals surface area (Å²) in [5.41, 5.74) is 6.43. The van der Waals surface area contributed by atoms with Crippen molar-refractivity contribution in [2.45, 2.75) is 46.1 Å². The Hall–Kier alpha value is -3.36. The maximum atomic E-state index is 14.0. The van der Waals surface area contributed by atoms with Crippen LogP contribution in [0.2, 0.25) is 0 Å². The Balaban J connectivity index is 1.70. The van der Waals surface area contributed by atoms with Gasteiger partial charge in [-0.2, -0.15) is 0 Å². The van der Waals surface area contributed by atoms with Gasteiger partial charge in [-0.3, -0.25) is 0 Å². The van der Waals surface area contributed by atoms with Gasteiger partial charge in [0.2, 0.25) is 0 Å². The van der Waals surface area contributed by atoms with Crippen molar-refractivity contribution >= 4 is 71.7 Å². The number of anilines is 1. The van der Waals surface area contributed by atoms with Gasteiger partial charge in [0.15, 0.2) is 0 Å². The molecule has 190 valence electrons. The molecule has 3 aromatic carbocycles. The number of hydrogen-bond donors (Lipinski definition) is 1. The van der Waals surface area contributed by atoms with Gasteiger partial charge in [0.05, 0.1) is 0 Å². The first kappa shape index (κ1) is 24.9. The summed E-state index contributed by atoms with van der Waals surface area (Å²) >= 11 is 1.46. The van der Waals surface area contributed by atoms with Crippen molar-refractivity contribution in [2.24, 2.45) is 5.92 Å². The number of fused-ring (bicyclic) bond motifs is 2. The van der Waals surface area contributed by atoms with Crippen molar-refractivity contribution in [3.05, 3.63) is 85.7 Å². The molecule has 0 bridgehead atoms. The summed E-state index contributed by atoms with van der Waals surface area (Å²) in [6.07, 6.45) is 4.16. The van der Waals surface area contributed by atoms with Crippen LogP contribution < -0.4 is 16.9 Å². The van der Waals surface area contributed by atoms with E-state index in [0.717, 1.165) is 61.5 Å². The van der Waals surface area contributed by atoms with Crippen molar-refractivity contribution in [2.75, 3.05) is 5.73 Å². The topological polar surface area (TPSA) is 65.1 Å². The monoisotopic (exact) mass is 584 g/mol. The van der Waals surface area contributed by atoms with Crippen LogP contribution in [0.4, 0.5) is 5.00 Å². The van der Waals surface area contributed by atoms with E-state index in [1.807, 2.05) is 24.3 Å². The number of nitrogen functional groups attached to an aromatic ring is 1. The second-order valence-corrected chi connectivity index (χ2v) is 13.2. The van der Waals surface area contributed by atoms with Crippen LogP contribution in [-0.2, 0) is 6.54 Å². The van der Waals surface area contributed by atoms with Crippen molar-refractivity contribution in [3.63, 3.8) is 0 Å². The minimum atomic E-state index is -0.198. The standard InChI is InChI=1S/C32H28N2O2SSe/c1-3-5-8-19(4-2)18-34-31(35)24-15-14-23-22-9-6-7-10-26(22)38-30-20(11-12-21-13-16-27(33)37-21)17-25(32(34)36)28(24)29(23)30/h6-7,9-10,13-17,19H,3-5,8,18,33H2,1-2H3. The normalized spacial score (nSPS) is 12.5. The number of unbranched alkanes of at least 4 members (excludes halogenated alkanes) is 1. The number of pyridine rings is 1. The van der Waals surface area contributed by atoms with E-state index in [-0.39, 0.29) is 25.6 Å². The predicted molar refractivity (Wildman–Crippen MR) is 163 cm³/mol. The molecular formula is C32H28N2O2SSe. The van der Waals surface area contributed by atoms with Crippen LogP contribution in [0.3, 0.4) is 0 Å². The van der Waals surface area contributed by atoms with Crippen LogP contribution in [0, 0.1) is 17.8 Å². The zero-order valence-electron chi connectivity index (χ0n) is 21.5. The van der Waals surface area contributed by atoms with Crippen LogP contribution in [0.1, 0.15) is 50.0 Å². The Morgan fingerprint density at radius 1 is 0.921 bits per heavy atom.